The highest BCUT2D eigenvalue weighted by Crippen LogP contribution is 2.30. The number of rotatable bonds is 11. The molecule has 0 radical (unpaired) electrons. The molecule has 3 rings (SSSR count). The SMILES string of the molecule is CC[C@@H](C)NC(=O)[C@@H](C)N(Cc1ccccc1Cl)C(=O)CN(c1cc(Cl)ccc1C)S(=O)(=O)c1ccccc1. The first kappa shape index (κ1) is 30.5. The van der Waals surface area contributed by atoms with Crippen molar-refractivity contribution in [3.63, 3.8) is 0 Å². The zero-order chi connectivity index (χ0) is 28.7. The molecule has 208 valence electrons. The van der Waals surface area contributed by atoms with E-state index in [-0.39, 0.29) is 29.1 Å². The number of nitrogens with zero attached hydrogens (tertiary/aromatic N) is 2. The van der Waals surface area contributed by atoms with E-state index in [1.54, 1.807) is 68.4 Å². The fraction of sp³-hybridized carbons (Fsp3) is 0.310. The van der Waals surface area contributed by atoms with E-state index in [4.69, 9.17) is 23.2 Å². The van der Waals surface area contributed by atoms with E-state index in [0.29, 0.717) is 27.6 Å². The van der Waals surface area contributed by atoms with Crippen LogP contribution in [-0.4, -0.2) is 43.8 Å². The molecule has 1 N–H and O–H groups in total. The van der Waals surface area contributed by atoms with Crippen molar-refractivity contribution in [3.8, 4) is 0 Å². The Hall–Kier alpha value is -3.07. The van der Waals surface area contributed by atoms with Gasteiger partial charge < -0.3 is 10.2 Å². The summed E-state index contributed by atoms with van der Waals surface area (Å²) in [5.74, 6) is -0.915. The van der Waals surface area contributed by atoms with Gasteiger partial charge in [-0.05, 0) is 68.7 Å². The molecular formula is C29H33Cl2N3O4S. The second kappa shape index (κ2) is 13.3. The number of hydrogen-bond donors (Lipinski definition) is 1. The molecule has 0 aliphatic heterocycles. The number of nitrogens with one attached hydrogen (secondary N) is 1. The third kappa shape index (κ3) is 7.53. The molecule has 0 spiro atoms. The highest BCUT2D eigenvalue weighted by molar-refractivity contribution is 7.92. The third-order valence-electron chi connectivity index (χ3n) is 6.52. The number of sulfonamides is 1. The fourth-order valence-corrected chi connectivity index (χ4v) is 5.80. The summed E-state index contributed by atoms with van der Waals surface area (Å²) in [4.78, 5) is 28.5. The second-order valence-electron chi connectivity index (χ2n) is 9.36. The maximum absolute atomic E-state index is 14.0. The van der Waals surface area contributed by atoms with Gasteiger partial charge in [-0.15, -0.1) is 0 Å². The van der Waals surface area contributed by atoms with Crippen molar-refractivity contribution < 1.29 is 18.0 Å². The van der Waals surface area contributed by atoms with Crippen molar-refractivity contribution in [2.75, 3.05) is 10.8 Å². The van der Waals surface area contributed by atoms with Crippen molar-refractivity contribution in [1.82, 2.24) is 10.2 Å². The van der Waals surface area contributed by atoms with Crippen LogP contribution in [0, 0.1) is 6.92 Å². The van der Waals surface area contributed by atoms with Crippen LogP contribution in [0.1, 0.15) is 38.3 Å². The molecule has 0 aromatic heterocycles. The number of aryl methyl sites for hydroxylation is 1. The summed E-state index contributed by atoms with van der Waals surface area (Å²) in [5, 5.41) is 3.67. The van der Waals surface area contributed by atoms with Crippen LogP contribution in [0.4, 0.5) is 5.69 Å². The molecule has 3 aromatic rings. The summed E-state index contributed by atoms with van der Waals surface area (Å²) in [6.07, 6.45) is 0.716. The predicted octanol–water partition coefficient (Wildman–Crippen LogP) is 5.83. The Bertz CT molecular complexity index is 1420. The molecular weight excluding hydrogens is 557 g/mol. The standard InChI is InChI=1S/C29H33Cl2N3O4S/c1-5-21(3)32-29(36)22(4)33(18-23-11-9-10-14-26(23)31)28(35)19-34(27-17-24(30)16-15-20(27)2)39(37,38)25-12-7-6-8-13-25/h6-17,21-22H,5,18-19H2,1-4H3,(H,32,36)/t21-,22-/m1/s1. The molecule has 0 heterocycles. The lowest BCUT2D eigenvalue weighted by atomic mass is 10.1. The summed E-state index contributed by atoms with van der Waals surface area (Å²) in [6.45, 7) is 6.65. The van der Waals surface area contributed by atoms with Gasteiger partial charge in [-0.3, -0.25) is 13.9 Å². The quantitative estimate of drug-likeness (QED) is 0.305. The van der Waals surface area contributed by atoms with Crippen molar-refractivity contribution >= 4 is 50.7 Å². The number of carbonyl (C=O) groups excluding carboxylic acids is 2. The zero-order valence-corrected chi connectivity index (χ0v) is 24.7. The van der Waals surface area contributed by atoms with Gasteiger partial charge in [-0.1, -0.05) is 72.6 Å². The molecule has 0 saturated carbocycles. The molecule has 0 bridgehead atoms. The monoisotopic (exact) mass is 589 g/mol. The van der Waals surface area contributed by atoms with E-state index >= 15 is 0 Å². The first-order valence-electron chi connectivity index (χ1n) is 12.6. The molecule has 2 amide bonds. The zero-order valence-electron chi connectivity index (χ0n) is 22.4. The number of benzene rings is 3. The first-order chi connectivity index (χ1) is 18.4. The van der Waals surface area contributed by atoms with E-state index in [9.17, 15) is 18.0 Å². The van der Waals surface area contributed by atoms with E-state index in [2.05, 4.69) is 5.32 Å². The molecule has 0 unspecified atom stereocenters. The Labute approximate surface area is 240 Å². The van der Waals surface area contributed by atoms with Gasteiger partial charge in [0.15, 0.2) is 0 Å². The van der Waals surface area contributed by atoms with Gasteiger partial charge in [0.2, 0.25) is 11.8 Å². The highest BCUT2D eigenvalue weighted by atomic mass is 35.5. The number of halogens is 2. The summed E-state index contributed by atoms with van der Waals surface area (Å²) in [7, 11) is -4.17. The van der Waals surface area contributed by atoms with Gasteiger partial charge in [-0.2, -0.15) is 0 Å². The van der Waals surface area contributed by atoms with E-state index in [1.807, 2.05) is 13.8 Å². The molecule has 39 heavy (non-hydrogen) atoms. The van der Waals surface area contributed by atoms with Crippen LogP contribution in [-0.2, 0) is 26.2 Å². The van der Waals surface area contributed by atoms with Gasteiger partial charge in [0, 0.05) is 22.6 Å². The van der Waals surface area contributed by atoms with Crippen LogP contribution < -0.4 is 9.62 Å². The Kier molecular flexibility index (Phi) is 10.4. The smallest absolute Gasteiger partial charge is 0.264 e. The topological polar surface area (TPSA) is 86.8 Å². The fourth-order valence-electron chi connectivity index (χ4n) is 3.94. The largest absolute Gasteiger partial charge is 0.352 e. The van der Waals surface area contributed by atoms with Crippen LogP contribution in [0.25, 0.3) is 0 Å². The Balaban J connectivity index is 2.07. The Morgan fingerprint density at radius 1 is 0.949 bits per heavy atom. The van der Waals surface area contributed by atoms with E-state index in [1.165, 1.54) is 23.1 Å². The van der Waals surface area contributed by atoms with Crippen LogP contribution in [0.2, 0.25) is 10.0 Å². The van der Waals surface area contributed by atoms with E-state index < -0.39 is 28.5 Å². The normalized spacial score (nSPS) is 12.9. The van der Waals surface area contributed by atoms with Crippen molar-refractivity contribution in [2.45, 2.75) is 57.6 Å². The van der Waals surface area contributed by atoms with Crippen LogP contribution in [0.15, 0.2) is 77.7 Å². The van der Waals surface area contributed by atoms with Crippen molar-refractivity contribution in [1.29, 1.82) is 0 Å². The molecule has 2 atom stereocenters. The molecule has 10 heteroatoms. The van der Waals surface area contributed by atoms with Gasteiger partial charge in [0.05, 0.1) is 10.6 Å². The minimum Gasteiger partial charge on any atom is -0.352 e. The van der Waals surface area contributed by atoms with Gasteiger partial charge in [0.25, 0.3) is 10.0 Å². The lowest BCUT2D eigenvalue weighted by Crippen LogP contribution is -2.52. The maximum Gasteiger partial charge on any atom is 0.264 e. The summed E-state index contributed by atoms with van der Waals surface area (Å²) >= 11 is 12.6. The average molecular weight is 591 g/mol. The number of carbonyl (C=O) groups is 2. The summed E-state index contributed by atoms with van der Waals surface area (Å²) < 4.78 is 28.8. The lowest BCUT2D eigenvalue weighted by Gasteiger charge is -2.33. The van der Waals surface area contributed by atoms with Crippen LogP contribution in [0.3, 0.4) is 0 Å². The molecule has 3 aromatic carbocycles. The van der Waals surface area contributed by atoms with Crippen molar-refractivity contribution in [3.05, 3.63) is 94.0 Å². The first-order valence-corrected chi connectivity index (χ1v) is 14.8. The molecule has 0 aliphatic rings. The summed E-state index contributed by atoms with van der Waals surface area (Å²) in [5.41, 5.74) is 1.52. The van der Waals surface area contributed by atoms with Gasteiger partial charge >= 0.3 is 0 Å². The number of hydrogen-bond acceptors (Lipinski definition) is 4. The molecule has 0 saturated heterocycles. The Morgan fingerprint density at radius 2 is 1.59 bits per heavy atom. The number of amides is 2. The predicted molar refractivity (Wildman–Crippen MR) is 157 cm³/mol. The minimum absolute atomic E-state index is 0.0152. The van der Waals surface area contributed by atoms with Gasteiger partial charge in [-0.25, -0.2) is 8.42 Å². The van der Waals surface area contributed by atoms with Crippen molar-refractivity contribution in [2.24, 2.45) is 0 Å². The van der Waals surface area contributed by atoms with Crippen LogP contribution >= 0.6 is 23.2 Å². The lowest BCUT2D eigenvalue weighted by molar-refractivity contribution is -0.139. The Morgan fingerprint density at radius 3 is 2.23 bits per heavy atom. The second-order valence-corrected chi connectivity index (χ2v) is 12.1. The molecule has 0 aliphatic carbocycles. The van der Waals surface area contributed by atoms with E-state index in [0.717, 1.165) is 4.31 Å². The summed E-state index contributed by atoms with van der Waals surface area (Å²) in [6, 6.07) is 18.8. The average Bonchev–Trinajstić information content (AvgIpc) is 2.92. The number of anilines is 1. The molecule has 7 nitrogen and oxygen atoms in total. The van der Waals surface area contributed by atoms with Gasteiger partial charge in [0.1, 0.15) is 12.6 Å². The minimum atomic E-state index is -4.17. The maximum atomic E-state index is 14.0. The third-order valence-corrected chi connectivity index (χ3v) is 8.89. The van der Waals surface area contributed by atoms with Crippen LogP contribution in [0.5, 0.6) is 0 Å². The highest BCUT2D eigenvalue weighted by Gasteiger charge is 2.33. The molecule has 0 fully saturated rings.